The first-order valence-electron chi connectivity index (χ1n) is 5.30. The Labute approximate surface area is 103 Å². The molecule has 2 aliphatic heterocycles. The van der Waals surface area contributed by atoms with Crippen molar-refractivity contribution in [3.63, 3.8) is 0 Å². The number of β-lactam (4-membered cyclic amide) rings is 1. The molecule has 4 nitrogen and oxygen atoms in total. The van der Waals surface area contributed by atoms with Gasteiger partial charge in [0.15, 0.2) is 0 Å². The van der Waals surface area contributed by atoms with Crippen LogP contribution < -0.4 is 5.32 Å². The van der Waals surface area contributed by atoms with Gasteiger partial charge in [0.25, 0.3) is 5.91 Å². The fraction of sp³-hybridized carbons (Fsp3) is 0.167. The summed E-state index contributed by atoms with van der Waals surface area (Å²) in [6.07, 6.45) is 0.531. The van der Waals surface area contributed by atoms with Crippen LogP contribution in [0.1, 0.15) is 6.42 Å². The van der Waals surface area contributed by atoms with E-state index in [0.29, 0.717) is 12.1 Å². The SMILES string of the molecule is O=C(Nc1ccccc1)C1=CS[C@@H]2CC(=O)N12. The summed E-state index contributed by atoms with van der Waals surface area (Å²) < 4.78 is 0. The summed E-state index contributed by atoms with van der Waals surface area (Å²) in [5.74, 6) is -0.200. The Bertz CT molecular complexity index is 512. The van der Waals surface area contributed by atoms with Gasteiger partial charge < -0.3 is 5.32 Å². The number of rotatable bonds is 2. The maximum absolute atomic E-state index is 12.0. The second-order valence-corrected chi connectivity index (χ2v) is 4.93. The van der Waals surface area contributed by atoms with Crippen molar-refractivity contribution in [1.82, 2.24) is 4.90 Å². The normalized spacial score (nSPS) is 21.6. The number of thioether (sulfide) groups is 1. The van der Waals surface area contributed by atoms with Gasteiger partial charge in [0.1, 0.15) is 5.70 Å². The van der Waals surface area contributed by atoms with Crippen LogP contribution in [0.5, 0.6) is 0 Å². The molecule has 1 fully saturated rings. The molecule has 0 bridgehead atoms. The third-order valence-electron chi connectivity index (χ3n) is 2.77. The van der Waals surface area contributed by atoms with Crippen molar-refractivity contribution >= 4 is 29.3 Å². The van der Waals surface area contributed by atoms with Crippen molar-refractivity contribution in [2.45, 2.75) is 11.8 Å². The van der Waals surface area contributed by atoms with E-state index in [2.05, 4.69) is 5.32 Å². The van der Waals surface area contributed by atoms with Gasteiger partial charge in [-0.3, -0.25) is 14.5 Å². The van der Waals surface area contributed by atoms with Gasteiger partial charge in [-0.1, -0.05) is 18.2 Å². The Morgan fingerprint density at radius 2 is 2.12 bits per heavy atom. The number of nitrogens with one attached hydrogen (secondary N) is 1. The molecule has 17 heavy (non-hydrogen) atoms. The summed E-state index contributed by atoms with van der Waals surface area (Å²) in [6, 6.07) is 9.22. The van der Waals surface area contributed by atoms with E-state index >= 15 is 0 Å². The topological polar surface area (TPSA) is 49.4 Å². The van der Waals surface area contributed by atoms with Gasteiger partial charge in [0, 0.05) is 11.1 Å². The summed E-state index contributed by atoms with van der Waals surface area (Å²) in [5, 5.41) is 4.67. The van der Waals surface area contributed by atoms with Gasteiger partial charge in [-0.2, -0.15) is 0 Å². The van der Waals surface area contributed by atoms with Gasteiger partial charge in [0.05, 0.1) is 11.8 Å². The molecule has 0 unspecified atom stereocenters. The quantitative estimate of drug-likeness (QED) is 0.809. The van der Waals surface area contributed by atoms with Crippen molar-refractivity contribution in [2.24, 2.45) is 0 Å². The second-order valence-electron chi connectivity index (χ2n) is 3.88. The summed E-state index contributed by atoms with van der Waals surface area (Å²) >= 11 is 1.53. The molecule has 0 radical (unpaired) electrons. The van der Waals surface area contributed by atoms with Crippen molar-refractivity contribution < 1.29 is 9.59 Å². The van der Waals surface area contributed by atoms with Crippen LogP contribution in [0, 0.1) is 0 Å². The average molecular weight is 246 g/mol. The Morgan fingerprint density at radius 3 is 2.82 bits per heavy atom. The van der Waals surface area contributed by atoms with Crippen LogP contribution in [0.3, 0.4) is 0 Å². The highest BCUT2D eigenvalue weighted by Crippen LogP contribution is 2.40. The molecule has 86 valence electrons. The number of nitrogens with zero attached hydrogens (tertiary/aromatic N) is 1. The number of benzene rings is 1. The minimum absolute atomic E-state index is 0.0226. The summed E-state index contributed by atoms with van der Waals surface area (Å²) in [4.78, 5) is 24.9. The first-order chi connectivity index (χ1) is 8.25. The van der Waals surface area contributed by atoms with Gasteiger partial charge in [-0.25, -0.2) is 0 Å². The standard InChI is InChI=1S/C12H10N2O2S/c15-10-6-11-14(10)9(7-17-11)12(16)13-8-4-2-1-3-5-8/h1-5,7,11H,6H2,(H,13,16)/t11-/m1/s1. The van der Waals surface area contributed by atoms with E-state index < -0.39 is 0 Å². The van der Waals surface area contributed by atoms with Crippen LogP contribution in [0.15, 0.2) is 41.4 Å². The first-order valence-corrected chi connectivity index (χ1v) is 6.24. The van der Waals surface area contributed by atoms with E-state index in [1.807, 2.05) is 30.3 Å². The van der Waals surface area contributed by atoms with Crippen molar-refractivity contribution in [1.29, 1.82) is 0 Å². The highest BCUT2D eigenvalue weighted by atomic mass is 32.2. The molecule has 2 aliphatic rings. The minimum atomic E-state index is -0.223. The molecule has 0 spiro atoms. The summed E-state index contributed by atoms with van der Waals surface area (Å²) in [5.41, 5.74) is 1.19. The largest absolute Gasteiger partial charge is 0.321 e. The van der Waals surface area contributed by atoms with Crippen molar-refractivity contribution in [3.8, 4) is 0 Å². The van der Waals surface area contributed by atoms with E-state index in [-0.39, 0.29) is 17.2 Å². The van der Waals surface area contributed by atoms with Crippen LogP contribution in [0.4, 0.5) is 5.69 Å². The number of anilines is 1. The number of hydrogen-bond acceptors (Lipinski definition) is 3. The van der Waals surface area contributed by atoms with E-state index in [4.69, 9.17) is 0 Å². The number of para-hydroxylation sites is 1. The van der Waals surface area contributed by atoms with E-state index in [0.717, 1.165) is 5.69 Å². The molecular weight excluding hydrogens is 236 g/mol. The highest BCUT2D eigenvalue weighted by molar-refractivity contribution is 8.03. The average Bonchev–Trinajstić information content (AvgIpc) is 2.67. The molecule has 1 aromatic rings. The Kier molecular flexibility index (Phi) is 2.40. The maximum Gasteiger partial charge on any atom is 0.272 e. The third-order valence-corrected chi connectivity index (χ3v) is 3.82. The minimum Gasteiger partial charge on any atom is -0.321 e. The number of fused-ring (bicyclic) bond motifs is 1. The number of hydrogen-bond donors (Lipinski definition) is 1. The summed E-state index contributed by atoms with van der Waals surface area (Å²) in [6.45, 7) is 0. The zero-order chi connectivity index (χ0) is 11.8. The zero-order valence-electron chi connectivity index (χ0n) is 8.92. The van der Waals surface area contributed by atoms with Gasteiger partial charge in [-0.15, -0.1) is 11.8 Å². The molecule has 5 heteroatoms. The lowest BCUT2D eigenvalue weighted by Crippen LogP contribution is -2.49. The fourth-order valence-corrected chi connectivity index (χ4v) is 2.96. The number of carbonyl (C=O) groups is 2. The molecule has 1 atom stereocenters. The molecule has 0 saturated carbocycles. The Morgan fingerprint density at radius 1 is 1.35 bits per heavy atom. The zero-order valence-corrected chi connectivity index (χ0v) is 9.74. The maximum atomic E-state index is 12.0. The lowest BCUT2D eigenvalue weighted by atomic mass is 10.1. The van der Waals surface area contributed by atoms with Gasteiger partial charge in [0.2, 0.25) is 5.91 Å². The molecule has 1 saturated heterocycles. The summed E-state index contributed by atoms with van der Waals surface area (Å²) in [7, 11) is 0. The van der Waals surface area contributed by atoms with E-state index in [1.54, 1.807) is 10.3 Å². The third kappa shape index (κ3) is 1.72. The molecule has 0 aliphatic carbocycles. The molecule has 1 N–H and O–H groups in total. The fourth-order valence-electron chi connectivity index (χ4n) is 1.86. The first kappa shape index (κ1) is 10.4. The van der Waals surface area contributed by atoms with Crippen LogP contribution in [0.25, 0.3) is 0 Å². The monoisotopic (exact) mass is 246 g/mol. The van der Waals surface area contributed by atoms with Crippen molar-refractivity contribution in [3.05, 3.63) is 41.4 Å². The molecule has 2 amide bonds. The molecule has 1 aromatic carbocycles. The molecule has 3 rings (SSSR count). The van der Waals surface area contributed by atoms with Crippen molar-refractivity contribution in [2.75, 3.05) is 5.32 Å². The van der Waals surface area contributed by atoms with Crippen LogP contribution in [-0.4, -0.2) is 22.1 Å². The van der Waals surface area contributed by atoms with Crippen LogP contribution in [-0.2, 0) is 9.59 Å². The van der Waals surface area contributed by atoms with Gasteiger partial charge in [-0.05, 0) is 12.1 Å². The molecular formula is C12H10N2O2S. The molecule has 0 aromatic heterocycles. The van der Waals surface area contributed by atoms with Crippen LogP contribution >= 0.6 is 11.8 Å². The van der Waals surface area contributed by atoms with Gasteiger partial charge >= 0.3 is 0 Å². The predicted octanol–water partition coefficient (Wildman–Crippen LogP) is 1.77. The predicted molar refractivity (Wildman–Crippen MR) is 66.0 cm³/mol. The smallest absolute Gasteiger partial charge is 0.272 e. The second kappa shape index (κ2) is 3.92. The Hall–Kier alpha value is -1.75. The lowest BCUT2D eigenvalue weighted by Gasteiger charge is -2.34. The van der Waals surface area contributed by atoms with Crippen LogP contribution in [0.2, 0.25) is 0 Å². The number of carbonyl (C=O) groups excluding carboxylic acids is 2. The molecule has 2 heterocycles. The van der Waals surface area contributed by atoms with E-state index in [1.165, 1.54) is 11.8 Å². The lowest BCUT2D eigenvalue weighted by molar-refractivity contribution is -0.140. The van der Waals surface area contributed by atoms with E-state index in [9.17, 15) is 9.59 Å². The number of amides is 2. The highest BCUT2D eigenvalue weighted by Gasteiger charge is 2.44. The Balaban J connectivity index is 1.73.